The van der Waals surface area contributed by atoms with Gasteiger partial charge in [0.25, 0.3) is 0 Å². The molecule has 5 nitrogen and oxygen atoms in total. The van der Waals surface area contributed by atoms with Crippen molar-refractivity contribution in [2.45, 2.75) is 13.1 Å². The predicted molar refractivity (Wildman–Crippen MR) is 72.7 cm³/mol. The van der Waals surface area contributed by atoms with Crippen LogP contribution < -0.4 is 0 Å². The fraction of sp³-hybridized carbons (Fsp3) is 0.214. The Labute approximate surface area is 123 Å². The standard InChI is InChI=1S/C14H10F3N5/c1-7-9-5-8(3-4-10(9)20-19-7)12-11(6-18)22(2)21-13(12)14(15,16)17/h3-5H,1-2H3,(H,19,20). The van der Waals surface area contributed by atoms with Crippen LogP contribution >= 0.6 is 0 Å². The number of hydrogen-bond acceptors (Lipinski definition) is 3. The molecular formula is C14H10F3N5. The summed E-state index contributed by atoms with van der Waals surface area (Å²) in [5.41, 5.74) is 0.277. The zero-order valence-corrected chi connectivity index (χ0v) is 11.7. The van der Waals surface area contributed by atoms with Crippen molar-refractivity contribution in [2.24, 2.45) is 7.05 Å². The van der Waals surface area contributed by atoms with Crippen LogP contribution in [-0.4, -0.2) is 20.0 Å². The number of aryl methyl sites for hydroxylation is 2. The van der Waals surface area contributed by atoms with Crippen LogP contribution in [0.4, 0.5) is 13.2 Å². The number of rotatable bonds is 1. The summed E-state index contributed by atoms with van der Waals surface area (Å²) in [6.07, 6.45) is -4.64. The number of aromatic amines is 1. The number of H-pyrrole nitrogens is 1. The molecule has 0 aliphatic rings. The van der Waals surface area contributed by atoms with E-state index in [1.54, 1.807) is 25.1 Å². The van der Waals surface area contributed by atoms with E-state index in [0.717, 1.165) is 10.4 Å². The number of alkyl halides is 3. The third-order valence-electron chi connectivity index (χ3n) is 3.45. The minimum Gasteiger partial charge on any atom is -0.282 e. The van der Waals surface area contributed by atoms with Crippen LogP contribution in [0.1, 0.15) is 17.1 Å². The number of fused-ring (bicyclic) bond motifs is 1. The van der Waals surface area contributed by atoms with Crippen LogP contribution in [0.15, 0.2) is 18.2 Å². The van der Waals surface area contributed by atoms with Crippen LogP contribution in [-0.2, 0) is 13.2 Å². The smallest absolute Gasteiger partial charge is 0.282 e. The van der Waals surface area contributed by atoms with E-state index in [2.05, 4.69) is 15.3 Å². The zero-order chi connectivity index (χ0) is 16.1. The van der Waals surface area contributed by atoms with Crippen molar-refractivity contribution in [3.63, 3.8) is 0 Å². The van der Waals surface area contributed by atoms with Crippen LogP contribution in [0.5, 0.6) is 0 Å². The van der Waals surface area contributed by atoms with Crippen molar-refractivity contribution in [1.82, 2.24) is 20.0 Å². The van der Waals surface area contributed by atoms with Gasteiger partial charge < -0.3 is 0 Å². The van der Waals surface area contributed by atoms with Crippen LogP contribution in [0.3, 0.4) is 0 Å². The number of nitrogens with one attached hydrogen (secondary N) is 1. The molecular weight excluding hydrogens is 295 g/mol. The Morgan fingerprint density at radius 3 is 2.68 bits per heavy atom. The molecule has 112 valence electrons. The van der Waals surface area contributed by atoms with Gasteiger partial charge in [-0.05, 0) is 24.6 Å². The molecule has 0 bridgehead atoms. The highest BCUT2D eigenvalue weighted by Crippen LogP contribution is 2.39. The molecule has 0 aliphatic heterocycles. The zero-order valence-electron chi connectivity index (χ0n) is 11.7. The van der Waals surface area contributed by atoms with Gasteiger partial charge >= 0.3 is 6.18 Å². The first-order chi connectivity index (χ1) is 10.3. The molecule has 22 heavy (non-hydrogen) atoms. The third kappa shape index (κ3) is 2.02. The molecule has 3 rings (SSSR count). The van der Waals surface area contributed by atoms with E-state index in [4.69, 9.17) is 0 Å². The van der Waals surface area contributed by atoms with Crippen molar-refractivity contribution in [3.8, 4) is 17.2 Å². The van der Waals surface area contributed by atoms with Crippen molar-refractivity contribution >= 4 is 10.9 Å². The second kappa shape index (κ2) is 4.59. The first-order valence-corrected chi connectivity index (χ1v) is 6.32. The van der Waals surface area contributed by atoms with E-state index in [0.29, 0.717) is 10.9 Å². The molecule has 1 aromatic carbocycles. The Bertz CT molecular complexity index is 911. The molecule has 0 fully saturated rings. The number of hydrogen-bond donors (Lipinski definition) is 1. The minimum absolute atomic E-state index is 0.132. The van der Waals surface area contributed by atoms with Crippen molar-refractivity contribution in [1.29, 1.82) is 5.26 Å². The third-order valence-corrected chi connectivity index (χ3v) is 3.45. The van der Waals surface area contributed by atoms with Gasteiger partial charge in [-0.1, -0.05) is 6.07 Å². The van der Waals surface area contributed by atoms with E-state index in [1.807, 2.05) is 0 Å². The van der Waals surface area contributed by atoms with Gasteiger partial charge in [0.2, 0.25) is 0 Å². The summed E-state index contributed by atoms with van der Waals surface area (Å²) in [4.78, 5) is 0. The summed E-state index contributed by atoms with van der Waals surface area (Å²) < 4.78 is 40.5. The lowest BCUT2D eigenvalue weighted by molar-refractivity contribution is -0.140. The van der Waals surface area contributed by atoms with Gasteiger partial charge in [-0.15, -0.1) is 0 Å². The highest BCUT2D eigenvalue weighted by Gasteiger charge is 2.39. The largest absolute Gasteiger partial charge is 0.435 e. The molecule has 0 atom stereocenters. The van der Waals surface area contributed by atoms with E-state index in [9.17, 15) is 18.4 Å². The van der Waals surface area contributed by atoms with Crippen molar-refractivity contribution < 1.29 is 13.2 Å². The Hall–Kier alpha value is -2.82. The van der Waals surface area contributed by atoms with Gasteiger partial charge in [-0.3, -0.25) is 9.78 Å². The molecule has 0 amide bonds. The summed E-state index contributed by atoms with van der Waals surface area (Å²) in [6.45, 7) is 1.78. The average molecular weight is 305 g/mol. The Balaban J connectivity index is 2.34. The summed E-state index contributed by atoms with van der Waals surface area (Å²) in [5.74, 6) is 0. The maximum Gasteiger partial charge on any atom is 0.435 e. The van der Waals surface area contributed by atoms with Crippen LogP contribution in [0, 0.1) is 18.3 Å². The summed E-state index contributed by atoms with van der Waals surface area (Å²) in [5, 5.41) is 20.2. The van der Waals surface area contributed by atoms with Gasteiger partial charge in [0, 0.05) is 18.1 Å². The maximum atomic E-state index is 13.2. The highest BCUT2D eigenvalue weighted by atomic mass is 19.4. The lowest BCUT2D eigenvalue weighted by atomic mass is 10.0. The average Bonchev–Trinajstić information content (AvgIpc) is 2.99. The quantitative estimate of drug-likeness (QED) is 0.750. The first kappa shape index (κ1) is 14.1. The molecule has 0 aliphatic carbocycles. The molecule has 2 aromatic heterocycles. The first-order valence-electron chi connectivity index (χ1n) is 6.32. The highest BCUT2D eigenvalue weighted by molar-refractivity contribution is 5.87. The lowest BCUT2D eigenvalue weighted by Crippen LogP contribution is -2.08. The van der Waals surface area contributed by atoms with Crippen molar-refractivity contribution in [3.05, 3.63) is 35.3 Å². The Kier molecular flexibility index (Phi) is 2.95. The molecule has 1 N–H and O–H groups in total. The van der Waals surface area contributed by atoms with Gasteiger partial charge in [0.05, 0.1) is 11.1 Å². The molecule has 0 unspecified atom stereocenters. The summed E-state index contributed by atoms with van der Waals surface area (Å²) in [7, 11) is 1.32. The van der Waals surface area contributed by atoms with Gasteiger partial charge in [0.1, 0.15) is 11.8 Å². The number of halogens is 3. The fourth-order valence-corrected chi connectivity index (χ4v) is 2.42. The Morgan fingerprint density at radius 2 is 2.05 bits per heavy atom. The van der Waals surface area contributed by atoms with E-state index in [-0.39, 0.29) is 16.8 Å². The molecule has 2 heterocycles. The van der Waals surface area contributed by atoms with Crippen LogP contribution in [0.25, 0.3) is 22.0 Å². The monoisotopic (exact) mass is 305 g/mol. The normalized spacial score (nSPS) is 11.8. The number of nitrogens with zero attached hydrogens (tertiary/aromatic N) is 4. The maximum absolute atomic E-state index is 13.2. The fourth-order valence-electron chi connectivity index (χ4n) is 2.42. The number of benzene rings is 1. The summed E-state index contributed by atoms with van der Waals surface area (Å²) >= 11 is 0. The topological polar surface area (TPSA) is 70.3 Å². The van der Waals surface area contributed by atoms with E-state index >= 15 is 0 Å². The molecule has 3 aromatic rings. The molecule has 0 spiro atoms. The Morgan fingerprint density at radius 1 is 1.32 bits per heavy atom. The summed E-state index contributed by atoms with van der Waals surface area (Å²) in [6, 6.07) is 6.50. The predicted octanol–water partition coefficient (Wildman–Crippen LogP) is 3.16. The minimum atomic E-state index is -4.64. The van der Waals surface area contributed by atoms with E-state index in [1.165, 1.54) is 13.1 Å². The van der Waals surface area contributed by atoms with Crippen molar-refractivity contribution in [2.75, 3.05) is 0 Å². The van der Waals surface area contributed by atoms with Crippen LogP contribution in [0.2, 0.25) is 0 Å². The second-order valence-corrected chi connectivity index (χ2v) is 4.89. The SMILES string of the molecule is Cc1[nH]nc2ccc(-c3c(C(F)(F)F)nn(C)c3C#N)cc12. The molecule has 0 saturated heterocycles. The van der Waals surface area contributed by atoms with Gasteiger partial charge in [-0.2, -0.15) is 28.6 Å². The second-order valence-electron chi connectivity index (χ2n) is 4.89. The molecule has 0 saturated carbocycles. The molecule has 8 heteroatoms. The van der Waals surface area contributed by atoms with Gasteiger partial charge in [0.15, 0.2) is 5.69 Å². The van der Waals surface area contributed by atoms with E-state index < -0.39 is 11.9 Å². The number of aromatic nitrogens is 4. The number of nitriles is 1. The lowest BCUT2D eigenvalue weighted by Gasteiger charge is -2.07. The molecule has 0 radical (unpaired) electrons. The van der Waals surface area contributed by atoms with Gasteiger partial charge in [-0.25, -0.2) is 0 Å².